The molecule has 0 spiro atoms. The lowest BCUT2D eigenvalue weighted by Gasteiger charge is -2.36. The Balaban J connectivity index is 0.000000511. The van der Waals surface area contributed by atoms with Crippen LogP contribution in [0, 0.1) is 0 Å². The second-order valence-corrected chi connectivity index (χ2v) is 9.20. The number of piperidine rings is 1. The molecule has 0 bridgehead atoms. The van der Waals surface area contributed by atoms with E-state index < -0.39 is 31.1 Å². The van der Waals surface area contributed by atoms with Gasteiger partial charge in [-0.15, -0.1) is 0 Å². The molecule has 0 radical (unpaired) electrons. The summed E-state index contributed by atoms with van der Waals surface area (Å²) in [5.74, 6) is -0.0839. The molecule has 0 amide bonds. The summed E-state index contributed by atoms with van der Waals surface area (Å²) in [6, 6.07) is 0. The van der Waals surface area contributed by atoms with E-state index in [1.165, 1.54) is 26.4 Å². The molecular formula is C11H18F6N2O6S2. The lowest BCUT2D eigenvalue weighted by molar-refractivity contribution is -0.907. The zero-order valence-electron chi connectivity index (χ0n) is 14.2. The van der Waals surface area contributed by atoms with Crippen LogP contribution in [0.3, 0.4) is 0 Å². The number of rotatable bonds is 4. The van der Waals surface area contributed by atoms with Crippen molar-refractivity contribution in [1.29, 1.82) is 0 Å². The number of likely N-dealkylation sites (tertiary alicyclic amines) is 1. The SMILES string of the molecule is COC(=O)C[N+]1(C)CCCCC1.O=S(=O)([N-]S(=O)(=O)C(F)(F)F)C(F)(F)F. The summed E-state index contributed by atoms with van der Waals surface area (Å²) in [7, 11) is -9.85. The van der Waals surface area contributed by atoms with Gasteiger partial charge < -0.3 is 13.3 Å². The molecule has 1 aliphatic rings. The third-order valence-corrected chi connectivity index (χ3v) is 6.16. The third-order valence-electron chi connectivity index (χ3n) is 3.42. The van der Waals surface area contributed by atoms with E-state index in [4.69, 9.17) is 0 Å². The van der Waals surface area contributed by atoms with Crippen LogP contribution in [0.5, 0.6) is 0 Å². The summed E-state index contributed by atoms with van der Waals surface area (Å²) in [4.78, 5) is 11.0. The second kappa shape index (κ2) is 8.91. The molecule has 1 aliphatic heterocycles. The molecule has 1 fully saturated rings. The van der Waals surface area contributed by atoms with Crippen LogP contribution in [0.15, 0.2) is 0 Å². The number of alkyl halides is 6. The number of carbonyl (C=O) groups is 1. The van der Waals surface area contributed by atoms with Crippen LogP contribution in [0.4, 0.5) is 26.3 Å². The van der Waals surface area contributed by atoms with E-state index in [0.717, 1.165) is 21.7 Å². The molecular weight excluding hydrogens is 434 g/mol. The van der Waals surface area contributed by atoms with Crippen LogP contribution in [-0.4, -0.2) is 72.1 Å². The Bertz CT molecular complexity index is 669. The van der Waals surface area contributed by atoms with E-state index in [9.17, 15) is 48.0 Å². The summed E-state index contributed by atoms with van der Waals surface area (Å²) in [6.07, 6.45) is 3.80. The molecule has 16 heteroatoms. The highest BCUT2D eigenvalue weighted by atomic mass is 32.3. The minimum Gasteiger partial charge on any atom is -0.465 e. The molecule has 8 nitrogen and oxygen atoms in total. The van der Waals surface area contributed by atoms with Gasteiger partial charge in [-0.25, -0.2) is 21.6 Å². The number of methoxy groups -OCH3 is 1. The summed E-state index contributed by atoms with van der Waals surface area (Å²) in [6.45, 7) is 2.78. The fourth-order valence-electron chi connectivity index (χ4n) is 2.02. The summed E-state index contributed by atoms with van der Waals surface area (Å²) in [5.41, 5.74) is -12.4. The van der Waals surface area contributed by atoms with Crippen molar-refractivity contribution < 1.29 is 57.2 Å². The summed E-state index contributed by atoms with van der Waals surface area (Å²) >= 11 is 0. The first kappa shape index (κ1) is 25.9. The third kappa shape index (κ3) is 8.18. The molecule has 0 N–H and O–H groups in total. The molecule has 0 atom stereocenters. The average molecular weight is 452 g/mol. The van der Waals surface area contributed by atoms with E-state index >= 15 is 0 Å². The van der Waals surface area contributed by atoms with E-state index in [-0.39, 0.29) is 5.97 Å². The van der Waals surface area contributed by atoms with E-state index in [2.05, 4.69) is 11.8 Å². The van der Waals surface area contributed by atoms with Gasteiger partial charge in [0.25, 0.3) is 0 Å². The lowest BCUT2D eigenvalue weighted by atomic mass is 10.1. The van der Waals surface area contributed by atoms with E-state index in [1.54, 1.807) is 0 Å². The fraction of sp³-hybridized carbons (Fsp3) is 0.909. The number of likely N-dealkylation sites (N-methyl/N-ethyl adjacent to an activating group) is 1. The monoisotopic (exact) mass is 452 g/mol. The van der Waals surface area contributed by atoms with Crippen molar-refractivity contribution in [3.63, 3.8) is 0 Å². The Hall–Kier alpha value is -1.13. The van der Waals surface area contributed by atoms with Gasteiger partial charge in [0, 0.05) is 0 Å². The van der Waals surface area contributed by atoms with Crippen molar-refractivity contribution >= 4 is 26.0 Å². The Kier molecular flexibility index (Phi) is 8.54. The van der Waals surface area contributed by atoms with Gasteiger partial charge >= 0.3 is 17.0 Å². The van der Waals surface area contributed by atoms with Gasteiger partial charge in [-0.05, 0) is 19.3 Å². The normalized spacial score (nSPS) is 18.2. The smallest absolute Gasteiger partial charge is 0.465 e. The van der Waals surface area contributed by atoms with Crippen LogP contribution in [0.2, 0.25) is 0 Å². The standard InChI is InChI=1S/C9H18NO2.C2F6NO4S2/c1-10(8-9(11)12-2)6-4-3-5-7-10;3-1(4,5)14(10,11)9-15(12,13)2(6,7)8/h3-8H2,1-2H3;/q+1;-1. The molecule has 0 aromatic rings. The van der Waals surface area contributed by atoms with Crippen LogP contribution < -0.4 is 0 Å². The molecule has 1 rings (SSSR count). The first-order valence-electron chi connectivity index (χ1n) is 7.14. The van der Waals surface area contributed by atoms with Gasteiger partial charge in [0.1, 0.15) is 0 Å². The Labute approximate surface area is 152 Å². The van der Waals surface area contributed by atoms with Crippen molar-refractivity contribution in [1.82, 2.24) is 0 Å². The fourth-order valence-corrected chi connectivity index (χ4v) is 3.73. The molecule has 0 aromatic heterocycles. The second-order valence-electron chi connectivity index (χ2n) is 5.78. The van der Waals surface area contributed by atoms with Crippen LogP contribution in [0.25, 0.3) is 4.13 Å². The van der Waals surface area contributed by atoms with Crippen molar-refractivity contribution in [2.75, 3.05) is 33.8 Å². The molecule has 0 aromatic carbocycles. The van der Waals surface area contributed by atoms with Crippen molar-refractivity contribution in [3.8, 4) is 0 Å². The first-order chi connectivity index (χ1) is 11.9. The molecule has 1 heterocycles. The van der Waals surface area contributed by atoms with E-state index in [0.29, 0.717) is 6.54 Å². The maximum atomic E-state index is 11.4. The first-order valence-corrected chi connectivity index (χ1v) is 10.0. The molecule has 0 saturated carbocycles. The van der Waals surface area contributed by atoms with Gasteiger partial charge in [0.2, 0.25) is 0 Å². The zero-order valence-corrected chi connectivity index (χ0v) is 15.8. The molecule has 162 valence electrons. The van der Waals surface area contributed by atoms with Gasteiger partial charge in [-0.1, -0.05) is 0 Å². The maximum absolute atomic E-state index is 11.4. The molecule has 1 saturated heterocycles. The van der Waals surface area contributed by atoms with Gasteiger partial charge in [-0.2, -0.15) is 26.3 Å². The van der Waals surface area contributed by atoms with Crippen molar-refractivity contribution in [3.05, 3.63) is 4.13 Å². The molecule has 0 unspecified atom stereocenters. The zero-order chi connectivity index (χ0) is 21.7. The molecule has 0 aliphatic carbocycles. The highest BCUT2D eigenvalue weighted by molar-refractivity contribution is 8.13. The van der Waals surface area contributed by atoms with E-state index in [1.807, 2.05) is 0 Å². The largest absolute Gasteiger partial charge is 0.480 e. The Morgan fingerprint density at radius 2 is 1.30 bits per heavy atom. The number of ether oxygens (including phenoxy) is 1. The highest BCUT2D eigenvalue weighted by Crippen LogP contribution is 2.36. The predicted octanol–water partition coefficient (Wildman–Crippen LogP) is 1.85. The number of hydrogen-bond acceptors (Lipinski definition) is 6. The lowest BCUT2D eigenvalue weighted by Crippen LogP contribution is -2.51. The predicted molar refractivity (Wildman–Crippen MR) is 80.0 cm³/mol. The topological polar surface area (TPSA) is 109 Å². The minimum absolute atomic E-state index is 0.0839. The minimum atomic E-state index is -6.72. The number of esters is 1. The Morgan fingerprint density at radius 1 is 0.926 bits per heavy atom. The van der Waals surface area contributed by atoms with Gasteiger partial charge in [-0.3, -0.25) is 0 Å². The number of nitrogens with zero attached hydrogens (tertiary/aromatic N) is 2. The van der Waals surface area contributed by atoms with Crippen LogP contribution in [0.1, 0.15) is 19.3 Å². The molecule has 27 heavy (non-hydrogen) atoms. The van der Waals surface area contributed by atoms with Crippen molar-refractivity contribution in [2.45, 2.75) is 30.3 Å². The summed E-state index contributed by atoms with van der Waals surface area (Å²) < 4.78 is 115. The van der Waals surface area contributed by atoms with Gasteiger partial charge in [0.15, 0.2) is 26.6 Å². The van der Waals surface area contributed by atoms with Crippen LogP contribution >= 0.6 is 0 Å². The average Bonchev–Trinajstić information content (AvgIpc) is 2.44. The number of quaternary nitrogens is 1. The maximum Gasteiger partial charge on any atom is 0.480 e. The highest BCUT2D eigenvalue weighted by Gasteiger charge is 2.46. The van der Waals surface area contributed by atoms with Gasteiger partial charge in [0.05, 0.1) is 27.2 Å². The van der Waals surface area contributed by atoms with Crippen LogP contribution in [-0.2, 0) is 29.6 Å². The quantitative estimate of drug-likeness (QED) is 0.366. The number of hydrogen-bond donors (Lipinski definition) is 0. The summed E-state index contributed by atoms with van der Waals surface area (Å²) in [5, 5.41) is 0. The van der Waals surface area contributed by atoms with Crippen molar-refractivity contribution in [2.24, 2.45) is 0 Å². The number of carbonyl (C=O) groups excluding carboxylic acids is 1. The number of sulfonamides is 2. The number of halogens is 6. The Morgan fingerprint density at radius 3 is 1.59 bits per heavy atom.